The third-order valence-electron chi connectivity index (χ3n) is 4.10. The zero-order valence-electron chi connectivity index (χ0n) is 13.8. The van der Waals surface area contributed by atoms with Gasteiger partial charge >= 0.3 is 5.97 Å². The highest BCUT2D eigenvalue weighted by molar-refractivity contribution is 7.14. The van der Waals surface area contributed by atoms with E-state index >= 15 is 0 Å². The first-order valence-corrected chi connectivity index (χ1v) is 8.65. The molecule has 0 radical (unpaired) electrons. The van der Waals surface area contributed by atoms with E-state index in [0.29, 0.717) is 23.7 Å². The van der Waals surface area contributed by atoms with E-state index in [9.17, 15) is 9.59 Å². The first kappa shape index (κ1) is 17.7. The Morgan fingerprint density at radius 1 is 1.48 bits per heavy atom. The Morgan fingerprint density at radius 3 is 2.83 bits per heavy atom. The van der Waals surface area contributed by atoms with Crippen LogP contribution in [0.2, 0.25) is 0 Å². The Bertz CT molecular complexity index is 572. The number of carboxylic acid groups (broad SMARTS) is 1. The number of carboxylic acids is 1. The Labute approximate surface area is 140 Å². The Balaban J connectivity index is 2.06. The lowest BCUT2D eigenvalue weighted by Crippen LogP contribution is -2.40. The zero-order valence-corrected chi connectivity index (χ0v) is 14.6. The van der Waals surface area contributed by atoms with Crippen LogP contribution in [-0.2, 0) is 4.79 Å². The summed E-state index contributed by atoms with van der Waals surface area (Å²) < 4.78 is 5.26. The minimum Gasteiger partial charge on any atom is -0.495 e. The number of nitrogens with one attached hydrogen (secondary N) is 1. The maximum Gasteiger partial charge on any atom is 0.317 e. The predicted octanol–water partition coefficient (Wildman–Crippen LogP) is 1.98. The van der Waals surface area contributed by atoms with Crippen LogP contribution in [-0.4, -0.2) is 54.7 Å². The fraction of sp³-hybridized carbons (Fsp3) is 0.625. The van der Waals surface area contributed by atoms with Gasteiger partial charge in [0.1, 0.15) is 10.6 Å². The van der Waals surface area contributed by atoms with Gasteiger partial charge in [0.2, 0.25) is 0 Å². The number of methoxy groups -OCH3 is 1. The molecule has 0 aliphatic carbocycles. The minimum atomic E-state index is -0.831. The van der Waals surface area contributed by atoms with Crippen LogP contribution in [0.5, 0.6) is 5.75 Å². The lowest BCUT2D eigenvalue weighted by atomic mass is 9.98. The van der Waals surface area contributed by atoms with Gasteiger partial charge in [-0.05, 0) is 25.3 Å². The van der Waals surface area contributed by atoms with E-state index in [4.69, 9.17) is 9.84 Å². The molecule has 1 aliphatic heterocycles. The van der Waals surface area contributed by atoms with Crippen LogP contribution in [0.3, 0.4) is 0 Å². The van der Waals surface area contributed by atoms with Crippen LogP contribution in [0.4, 0.5) is 0 Å². The second kappa shape index (κ2) is 7.79. The number of hydrogen-bond donors (Lipinski definition) is 2. The predicted molar refractivity (Wildman–Crippen MR) is 89.3 cm³/mol. The molecule has 1 fully saturated rings. The molecule has 2 N–H and O–H groups in total. The summed E-state index contributed by atoms with van der Waals surface area (Å²) in [5, 5.41) is 12.0. The number of nitrogens with zero attached hydrogens (tertiary/aromatic N) is 1. The van der Waals surface area contributed by atoms with E-state index in [1.54, 1.807) is 7.11 Å². The average molecular weight is 340 g/mol. The lowest BCUT2D eigenvalue weighted by molar-refractivity contribution is -0.138. The Kier molecular flexibility index (Phi) is 6.01. The summed E-state index contributed by atoms with van der Waals surface area (Å²) in [6.45, 7) is 5.35. The van der Waals surface area contributed by atoms with Crippen molar-refractivity contribution < 1.29 is 19.4 Å². The van der Waals surface area contributed by atoms with Crippen LogP contribution in [0.25, 0.3) is 0 Å². The first-order chi connectivity index (χ1) is 10.9. The number of thiophene rings is 1. The Hall–Kier alpha value is -1.60. The maximum atomic E-state index is 12.6. The molecule has 1 aromatic heterocycles. The van der Waals surface area contributed by atoms with Crippen molar-refractivity contribution >= 4 is 23.2 Å². The number of aryl methyl sites for hydroxylation is 1. The molecule has 0 saturated carbocycles. The first-order valence-electron chi connectivity index (χ1n) is 7.84. The van der Waals surface area contributed by atoms with Crippen LogP contribution in [0, 0.1) is 12.8 Å². The molecular formula is C16H24N2O4S. The molecule has 1 aliphatic rings. The maximum absolute atomic E-state index is 12.6. The molecule has 0 unspecified atom stereocenters. The van der Waals surface area contributed by atoms with E-state index in [2.05, 4.69) is 12.2 Å². The largest absolute Gasteiger partial charge is 0.495 e. The second-order valence-corrected chi connectivity index (χ2v) is 7.23. The molecule has 2 atom stereocenters. The molecule has 128 valence electrons. The summed E-state index contributed by atoms with van der Waals surface area (Å²) in [6.07, 6.45) is 1.99. The van der Waals surface area contributed by atoms with Crippen molar-refractivity contribution in [1.82, 2.24) is 10.2 Å². The number of likely N-dealkylation sites (tertiary alicyclic amines) is 1. The van der Waals surface area contributed by atoms with Gasteiger partial charge in [0.25, 0.3) is 5.91 Å². The molecule has 2 heterocycles. The molecule has 1 aromatic rings. The van der Waals surface area contributed by atoms with E-state index in [1.807, 2.05) is 17.9 Å². The van der Waals surface area contributed by atoms with E-state index in [0.717, 1.165) is 17.7 Å². The van der Waals surface area contributed by atoms with Crippen molar-refractivity contribution in [2.75, 3.05) is 26.7 Å². The highest BCUT2D eigenvalue weighted by atomic mass is 32.1. The molecular weight excluding hydrogens is 316 g/mol. The highest BCUT2D eigenvalue weighted by Crippen LogP contribution is 2.29. The standard InChI is InChI=1S/C16H24N2O4S/c1-4-5-11-7-18(9-14(19)20)8-12(11)17-16(21)15-13(22-3)6-10(2)23-15/h6,11-12H,4-5,7-9H2,1-3H3,(H,17,21)(H,19,20)/t11-,12-/m1/s1. The number of hydrogen-bond acceptors (Lipinski definition) is 5. The average Bonchev–Trinajstić information content (AvgIpc) is 3.02. The molecule has 1 amide bonds. The quantitative estimate of drug-likeness (QED) is 0.793. The normalized spacial score (nSPS) is 21.3. The van der Waals surface area contributed by atoms with E-state index in [-0.39, 0.29) is 24.4 Å². The lowest BCUT2D eigenvalue weighted by Gasteiger charge is -2.19. The number of aliphatic carboxylic acids is 1. The van der Waals surface area contributed by atoms with Crippen LogP contribution in [0.1, 0.15) is 34.3 Å². The third-order valence-corrected chi connectivity index (χ3v) is 5.13. The molecule has 2 rings (SSSR count). The van der Waals surface area contributed by atoms with Gasteiger partial charge in [-0.2, -0.15) is 0 Å². The molecule has 0 aromatic carbocycles. The van der Waals surface area contributed by atoms with Gasteiger partial charge in [-0.15, -0.1) is 11.3 Å². The summed E-state index contributed by atoms with van der Waals surface area (Å²) >= 11 is 1.41. The summed E-state index contributed by atoms with van der Waals surface area (Å²) in [5.41, 5.74) is 0. The summed E-state index contributed by atoms with van der Waals surface area (Å²) in [5.74, 6) is -0.0845. The fourth-order valence-electron chi connectivity index (χ4n) is 3.14. The van der Waals surface area contributed by atoms with Crippen LogP contribution in [0.15, 0.2) is 6.07 Å². The number of amides is 1. The minimum absolute atomic E-state index is 0.0195. The van der Waals surface area contributed by atoms with Crippen LogP contribution < -0.4 is 10.1 Å². The van der Waals surface area contributed by atoms with E-state index in [1.165, 1.54) is 11.3 Å². The molecule has 1 saturated heterocycles. The topological polar surface area (TPSA) is 78.9 Å². The molecule has 0 spiro atoms. The van der Waals surface area contributed by atoms with Crippen molar-refractivity contribution in [2.45, 2.75) is 32.7 Å². The zero-order chi connectivity index (χ0) is 17.0. The van der Waals surface area contributed by atoms with Crippen molar-refractivity contribution in [3.8, 4) is 5.75 Å². The number of carbonyl (C=O) groups excluding carboxylic acids is 1. The van der Waals surface area contributed by atoms with Crippen molar-refractivity contribution in [2.24, 2.45) is 5.92 Å². The van der Waals surface area contributed by atoms with Crippen molar-refractivity contribution in [3.63, 3.8) is 0 Å². The molecule has 0 bridgehead atoms. The summed E-state index contributed by atoms with van der Waals surface area (Å²) in [4.78, 5) is 27.0. The van der Waals surface area contributed by atoms with Crippen molar-refractivity contribution in [1.29, 1.82) is 0 Å². The van der Waals surface area contributed by atoms with Gasteiger partial charge in [0, 0.05) is 24.0 Å². The molecule has 23 heavy (non-hydrogen) atoms. The van der Waals surface area contributed by atoms with Gasteiger partial charge in [-0.25, -0.2) is 0 Å². The number of carbonyl (C=O) groups is 2. The monoisotopic (exact) mass is 340 g/mol. The van der Waals surface area contributed by atoms with Gasteiger partial charge in [-0.1, -0.05) is 13.3 Å². The van der Waals surface area contributed by atoms with Gasteiger partial charge in [-0.3, -0.25) is 14.5 Å². The summed E-state index contributed by atoms with van der Waals surface area (Å²) in [6, 6.07) is 1.84. The SMILES string of the molecule is CCC[C@@H]1CN(CC(=O)O)C[C@H]1NC(=O)c1sc(C)cc1OC. The van der Waals surface area contributed by atoms with E-state index < -0.39 is 5.97 Å². The third kappa shape index (κ3) is 4.45. The highest BCUT2D eigenvalue weighted by Gasteiger charge is 2.34. The molecule has 7 heteroatoms. The fourth-order valence-corrected chi connectivity index (χ4v) is 4.02. The Morgan fingerprint density at radius 2 is 2.22 bits per heavy atom. The van der Waals surface area contributed by atoms with Gasteiger partial charge < -0.3 is 15.2 Å². The molecule has 6 nitrogen and oxygen atoms in total. The van der Waals surface area contributed by atoms with Gasteiger partial charge in [0.05, 0.1) is 13.7 Å². The number of ether oxygens (including phenoxy) is 1. The van der Waals surface area contributed by atoms with Gasteiger partial charge in [0.15, 0.2) is 0 Å². The van der Waals surface area contributed by atoms with Crippen LogP contribution >= 0.6 is 11.3 Å². The second-order valence-electron chi connectivity index (χ2n) is 5.97. The number of rotatable bonds is 7. The summed E-state index contributed by atoms with van der Waals surface area (Å²) in [7, 11) is 1.56. The van der Waals surface area contributed by atoms with Crippen molar-refractivity contribution in [3.05, 3.63) is 15.8 Å². The smallest absolute Gasteiger partial charge is 0.317 e.